The number of sulfone groups is 1. The van der Waals surface area contributed by atoms with E-state index in [9.17, 15) is 13.2 Å². The van der Waals surface area contributed by atoms with E-state index in [1.165, 1.54) is 0 Å². The zero-order chi connectivity index (χ0) is 11.5. The Morgan fingerprint density at radius 1 is 1.60 bits per heavy atom. The third kappa shape index (κ3) is 3.99. The van der Waals surface area contributed by atoms with E-state index >= 15 is 0 Å². The molecule has 0 aromatic carbocycles. The van der Waals surface area contributed by atoms with E-state index in [2.05, 4.69) is 5.32 Å². The Bertz CT molecular complexity index is 328. The first kappa shape index (κ1) is 12.8. The van der Waals surface area contributed by atoms with E-state index in [4.69, 9.17) is 11.6 Å². The van der Waals surface area contributed by atoms with Gasteiger partial charge in [0, 0.05) is 18.3 Å². The number of halogens is 1. The first-order valence-corrected chi connectivity index (χ1v) is 7.34. The largest absolute Gasteiger partial charge is 0.356 e. The van der Waals surface area contributed by atoms with Gasteiger partial charge < -0.3 is 5.32 Å². The fourth-order valence-electron chi connectivity index (χ4n) is 1.52. The molecule has 0 aromatic heterocycles. The van der Waals surface area contributed by atoms with Gasteiger partial charge in [0.1, 0.15) is 0 Å². The van der Waals surface area contributed by atoms with Gasteiger partial charge in [-0.25, -0.2) is 8.42 Å². The Morgan fingerprint density at radius 3 is 2.73 bits per heavy atom. The molecule has 1 saturated heterocycles. The molecule has 1 aliphatic rings. The molecule has 2 unspecified atom stereocenters. The average molecular weight is 254 g/mol. The Hall–Kier alpha value is -0.290. The number of amides is 1. The maximum absolute atomic E-state index is 11.3. The maximum atomic E-state index is 11.3. The predicted molar refractivity (Wildman–Crippen MR) is 59.7 cm³/mol. The molecule has 6 heteroatoms. The van der Waals surface area contributed by atoms with E-state index in [0.29, 0.717) is 13.0 Å². The van der Waals surface area contributed by atoms with Crippen molar-refractivity contribution >= 4 is 27.3 Å². The lowest BCUT2D eigenvalue weighted by molar-refractivity contribution is -0.124. The summed E-state index contributed by atoms with van der Waals surface area (Å²) in [6, 6.07) is 0. The molecule has 1 rings (SSSR count). The molecular formula is C9H16ClNO3S. The van der Waals surface area contributed by atoms with Gasteiger partial charge in [-0.2, -0.15) is 0 Å². The van der Waals surface area contributed by atoms with Crippen LogP contribution in [0.5, 0.6) is 0 Å². The highest BCUT2D eigenvalue weighted by Crippen LogP contribution is 2.17. The lowest BCUT2D eigenvalue weighted by atomic mass is 10.1. The van der Waals surface area contributed by atoms with E-state index in [-0.39, 0.29) is 35.1 Å². The third-order valence-corrected chi connectivity index (χ3v) is 4.87. The summed E-state index contributed by atoms with van der Waals surface area (Å²) in [7, 11) is -2.85. The van der Waals surface area contributed by atoms with Crippen LogP contribution in [0.2, 0.25) is 0 Å². The Labute approximate surface area is 95.3 Å². The molecule has 0 spiro atoms. The highest BCUT2D eigenvalue weighted by Gasteiger charge is 2.28. The van der Waals surface area contributed by atoms with E-state index in [0.717, 1.165) is 0 Å². The van der Waals surface area contributed by atoms with Gasteiger partial charge in [0.05, 0.1) is 11.5 Å². The number of carbonyl (C=O) groups excluding carboxylic acids is 1. The average Bonchev–Trinajstić information content (AvgIpc) is 2.53. The molecule has 1 amide bonds. The van der Waals surface area contributed by atoms with Gasteiger partial charge in [0.15, 0.2) is 9.84 Å². The number of hydrogen-bond donors (Lipinski definition) is 1. The van der Waals surface area contributed by atoms with Crippen LogP contribution in [0.1, 0.15) is 13.3 Å². The molecule has 1 fully saturated rings. The molecule has 2 atom stereocenters. The third-order valence-electron chi connectivity index (χ3n) is 2.57. The van der Waals surface area contributed by atoms with Crippen LogP contribution < -0.4 is 5.32 Å². The van der Waals surface area contributed by atoms with Gasteiger partial charge in [-0.05, 0) is 12.3 Å². The standard InChI is InChI=1S/C9H16ClNO3S/c1-7(4-10)9(12)11-5-8-2-3-15(13,14)6-8/h7-8H,2-6H2,1H3,(H,11,12). The molecule has 1 N–H and O–H groups in total. The summed E-state index contributed by atoms with van der Waals surface area (Å²) in [5.74, 6) is 0.482. The minimum atomic E-state index is -2.85. The lowest BCUT2D eigenvalue weighted by Gasteiger charge is -2.12. The molecule has 4 nitrogen and oxygen atoms in total. The highest BCUT2D eigenvalue weighted by atomic mass is 35.5. The summed E-state index contributed by atoms with van der Waals surface area (Å²) in [6.07, 6.45) is 0.651. The van der Waals surface area contributed by atoms with E-state index in [1.54, 1.807) is 6.92 Å². The molecule has 1 aliphatic heterocycles. The first-order chi connectivity index (χ1) is 6.94. The minimum absolute atomic E-state index is 0.0708. The molecule has 15 heavy (non-hydrogen) atoms. The molecular weight excluding hydrogens is 238 g/mol. The van der Waals surface area contributed by atoms with Crippen molar-refractivity contribution in [1.82, 2.24) is 5.32 Å². The maximum Gasteiger partial charge on any atom is 0.224 e. The minimum Gasteiger partial charge on any atom is -0.356 e. The number of rotatable bonds is 4. The molecule has 1 heterocycles. The van der Waals surface area contributed by atoms with Crippen LogP contribution in [0, 0.1) is 11.8 Å². The number of nitrogens with one attached hydrogen (secondary N) is 1. The summed E-state index contributed by atoms with van der Waals surface area (Å²) in [4.78, 5) is 11.3. The molecule has 0 radical (unpaired) electrons. The van der Waals surface area contributed by atoms with Gasteiger partial charge in [-0.3, -0.25) is 4.79 Å². The molecule has 0 aliphatic carbocycles. The Morgan fingerprint density at radius 2 is 2.27 bits per heavy atom. The van der Waals surface area contributed by atoms with Gasteiger partial charge in [0.25, 0.3) is 0 Å². The smallest absolute Gasteiger partial charge is 0.224 e. The number of alkyl halides is 1. The van der Waals surface area contributed by atoms with Gasteiger partial charge >= 0.3 is 0 Å². The first-order valence-electron chi connectivity index (χ1n) is 4.98. The summed E-state index contributed by atoms with van der Waals surface area (Å²) in [5, 5.41) is 2.73. The quantitative estimate of drug-likeness (QED) is 0.739. The second kappa shape index (κ2) is 5.16. The fourth-order valence-corrected chi connectivity index (χ4v) is 3.52. The molecule has 0 bridgehead atoms. The monoisotopic (exact) mass is 253 g/mol. The van der Waals surface area contributed by atoms with Crippen LogP contribution in [0.3, 0.4) is 0 Å². The van der Waals surface area contributed by atoms with Crippen molar-refractivity contribution in [1.29, 1.82) is 0 Å². The van der Waals surface area contributed by atoms with E-state index < -0.39 is 9.84 Å². The van der Waals surface area contributed by atoms with Crippen LogP contribution in [-0.2, 0) is 14.6 Å². The summed E-state index contributed by atoms with van der Waals surface area (Å²) in [5.41, 5.74) is 0. The summed E-state index contributed by atoms with van der Waals surface area (Å²) >= 11 is 5.53. The Kier molecular flexibility index (Phi) is 4.40. The predicted octanol–water partition coefficient (Wildman–Crippen LogP) is 0.412. The highest BCUT2D eigenvalue weighted by molar-refractivity contribution is 7.91. The van der Waals surface area contributed by atoms with Crippen molar-refractivity contribution in [3.63, 3.8) is 0 Å². The van der Waals surface area contributed by atoms with Gasteiger partial charge in [0.2, 0.25) is 5.91 Å². The van der Waals surface area contributed by atoms with Crippen molar-refractivity contribution < 1.29 is 13.2 Å². The van der Waals surface area contributed by atoms with E-state index in [1.807, 2.05) is 0 Å². The van der Waals surface area contributed by atoms with Crippen molar-refractivity contribution in [3.05, 3.63) is 0 Å². The second-order valence-electron chi connectivity index (χ2n) is 4.07. The number of hydrogen-bond acceptors (Lipinski definition) is 3. The Balaban J connectivity index is 2.30. The van der Waals surface area contributed by atoms with Crippen LogP contribution in [0.25, 0.3) is 0 Å². The van der Waals surface area contributed by atoms with Crippen molar-refractivity contribution in [3.8, 4) is 0 Å². The SMILES string of the molecule is CC(CCl)C(=O)NCC1CCS(=O)(=O)C1. The summed E-state index contributed by atoms with van der Waals surface area (Å²) in [6.45, 7) is 2.19. The molecule has 0 saturated carbocycles. The van der Waals surface area contributed by atoms with Gasteiger partial charge in [-0.1, -0.05) is 6.92 Å². The fraction of sp³-hybridized carbons (Fsp3) is 0.889. The van der Waals surface area contributed by atoms with Gasteiger partial charge in [-0.15, -0.1) is 11.6 Å². The molecule has 0 aromatic rings. The lowest BCUT2D eigenvalue weighted by Crippen LogP contribution is -2.34. The summed E-state index contributed by atoms with van der Waals surface area (Å²) < 4.78 is 22.3. The van der Waals surface area contributed by atoms with Crippen molar-refractivity contribution in [2.75, 3.05) is 23.9 Å². The second-order valence-corrected chi connectivity index (χ2v) is 6.61. The zero-order valence-corrected chi connectivity index (χ0v) is 10.3. The topological polar surface area (TPSA) is 63.2 Å². The molecule has 88 valence electrons. The normalized spacial score (nSPS) is 26.1. The number of carbonyl (C=O) groups is 1. The van der Waals surface area contributed by atoms with Crippen LogP contribution in [0.15, 0.2) is 0 Å². The van der Waals surface area contributed by atoms with Crippen molar-refractivity contribution in [2.45, 2.75) is 13.3 Å². The zero-order valence-electron chi connectivity index (χ0n) is 8.70. The van der Waals surface area contributed by atoms with Crippen LogP contribution in [-0.4, -0.2) is 38.3 Å². The van der Waals surface area contributed by atoms with Crippen LogP contribution in [0.4, 0.5) is 0 Å². The van der Waals surface area contributed by atoms with Crippen LogP contribution >= 0.6 is 11.6 Å². The van der Waals surface area contributed by atoms with Crippen molar-refractivity contribution in [2.24, 2.45) is 11.8 Å².